The molecule has 0 saturated carbocycles. The third-order valence-corrected chi connectivity index (χ3v) is 4.97. The molecule has 0 atom stereocenters. The van der Waals surface area contributed by atoms with Gasteiger partial charge in [-0.15, -0.1) is 5.10 Å². The van der Waals surface area contributed by atoms with Crippen LogP contribution in [0.3, 0.4) is 0 Å². The summed E-state index contributed by atoms with van der Waals surface area (Å²) < 4.78 is 8.51. The number of piperidine rings is 1. The number of hydrogen-bond acceptors (Lipinski definition) is 4. The van der Waals surface area contributed by atoms with Gasteiger partial charge in [0.1, 0.15) is 12.3 Å². The second-order valence-corrected chi connectivity index (χ2v) is 6.82. The fourth-order valence-corrected chi connectivity index (χ4v) is 3.38. The summed E-state index contributed by atoms with van der Waals surface area (Å²) >= 11 is 0. The Morgan fingerprint density at radius 2 is 1.81 bits per heavy atom. The van der Waals surface area contributed by atoms with Crippen LogP contribution in [0, 0.1) is 5.92 Å². The van der Waals surface area contributed by atoms with Crippen molar-refractivity contribution in [2.75, 3.05) is 19.7 Å². The highest BCUT2D eigenvalue weighted by Crippen LogP contribution is 2.19. The minimum absolute atomic E-state index is 0.0221. The van der Waals surface area contributed by atoms with Crippen molar-refractivity contribution in [3.05, 3.63) is 65.2 Å². The Kier molecular flexibility index (Phi) is 4.91. The summed E-state index contributed by atoms with van der Waals surface area (Å²) in [5, 5.41) is 4.22. The van der Waals surface area contributed by atoms with E-state index in [0.29, 0.717) is 31.3 Å². The maximum Gasteiger partial charge on any atom is 0.350 e. The number of pyridine rings is 1. The SMILES string of the molecule is O=C(Cn1nc2ccccn2c1=O)N1CCC(COc2ccccc2)CC1. The molecule has 0 unspecified atom stereocenters. The number of fused-ring (bicyclic) bond motifs is 1. The van der Waals surface area contributed by atoms with Crippen LogP contribution in [0.2, 0.25) is 0 Å². The van der Waals surface area contributed by atoms with Gasteiger partial charge in [-0.1, -0.05) is 24.3 Å². The maximum atomic E-state index is 12.6. The Morgan fingerprint density at radius 1 is 1.07 bits per heavy atom. The molecule has 7 nitrogen and oxygen atoms in total. The van der Waals surface area contributed by atoms with Crippen molar-refractivity contribution in [1.82, 2.24) is 19.1 Å². The molecule has 0 bridgehead atoms. The Balaban J connectivity index is 1.30. The molecule has 0 radical (unpaired) electrons. The second-order valence-electron chi connectivity index (χ2n) is 6.82. The van der Waals surface area contributed by atoms with E-state index in [1.807, 2.05) is 41.3 Å². The molecule has 140 valence electrons. The van der Waals surface area contributed by atoms with Crippen molar-refractivity contribution < 1.29 is 9.53 Å². The first-order valence-electron chi connectivity index (χ1n) is 9.20. The molecule has 1 aromatic carbocycles. The van der Waals surface area contributed by atoms with Crippen LogP contribution < -0.4 is 10.4 Å². The topological polar surface area (TPSA) is 68.8 Å². The molecule has 1 amide bonds. The predicted octanol–water partition coefficient (Wildman–Crippen LogP) is 1.81. The van der Waals surface area contributed by atoms with E-state index in [-0.39, 0.29) is 18.1 Å². The lowest BCUT2D eigenvalue weighted by atomic mass is 9.98. The number of benzene rings is 1. The van der Waals surface area contributed by atoms with Crippen molar-refractivity contribution in [3.8, 4) is 5.75 Å². The normalized spacial score (nSPS) is 15.2. The Bertz CT molecular complexity index is 972. The van der Waals surface area contributed by atoms with Gasteiger partial charge in [0, 0.05) is 19.3 Å². The summed E-state index contributed by atoms with van der Waals surface area (Å²) in [6, 6.07) is 15.1. The molecule has 7 heteroatoms. The minimum Gasteiger partial charge on any atom is -0.493 e. The number of hydrogen-bond donors (Lipinski definition) is 0. The lowest BCUT2D eigenvalue weighted by Crippen LogP contribution is -2.42. The quantitative estimate of drug-likeness (QED) is 0.691. The highest BCUT2D eigenvalue weighted by molar-refractivity contribution is 5.76. The summed E-state index contributed by atoms with van der Waals surface area (Å²) in [6.45, 7) is 2.01. The first-order chi connectivity index (χ1) is 13.2. The predicted molar refractivity (Wildman–Crippen MR) is 101 cm³/mol. The van der Waals surface area contributed by atoms with Gasteiger partial charge in [-0.25, -0.2) is 9.48 Å². The molecule has 1 aliphatic rings. The van der Waals surface area contributed by atoms with Crippen LogP contribution in [-0.4, -0.2) is 44.7 Å². The van der Waals surface area contributed by atoms with E-state index in [4.69, 9.17) is 4.74 Å². The summed E-state index contributed by atoms with van der Waals surface area (Å²) in [5.41, 5.74) is 0.261. The van der Waals surface area contributed by atoms with Gasteiger partial charge in [-0.3, -0.25) is 9.20 Å². The third kappa shape index (κ3) is 3.86. The van der Waals surface area contributed by atoms with Crippen molar-refractivity contribution >= 4 is 11.6 Å². The molecule has 1 aliphatic heterocycles. The third-order valence-electron chi connectivity index (χ3n) is 4.97. The molecule has 1 saturated heterocycles. The molecule has 4 rings (SSSR count). The standard InChI is InChI=1S/C20H22N4O3/c25-19(14-24-20(26)23-11-5-4-8-18(23)21-24)22-12-9-16(10-13-22)15-27-17-6-2-1-3-7-17/h1-8,11,16H,9-10,12-15H2. The van der Waals surface area contributed by atoms with Crippen LogP contribution in [0.4, 0.5) is 0 Å². The van der Waals surface area contributed by atoms with Crippen molar-refractivity contribution in [3.63, 3.8) is 0 Å². The van der Waals surface area contributed by atoms with Crippen LogP contribution in [0.25, 0.3) is 5.65 Å². The Morgan fingerprint density at radius 3 is 2.56 bits per heavy atom. The lowest BCUT2D eigenvalue weighted by molar-refractivity contribution is -0.133. The highest BCUT2D eigenvalue weighted by Gasteiger charge is 2.24. The molecular weight excluding hydrogens is 344 g/mol. The second kappa shape index (κ2) is 7.65. The molecule has 0 spiro atoms. The Hall–Kier alpha value is -3.09. The number of nitrogens with zero attached hydrogens (tertiary/aromatic N) is 4. The number of ether oxygens (including phenoxy) is 1. The number of carbonyl (C=O) groups excluding carboxylic acids is 1. The van der Waals surface area contributed by atoms with E-state index in [1.54, 1.807) is 18.3 Å². The van der Waals surface area contributed by atoms with Crippen LogP contribution in [0.15, 0.2) is 59.5 Å². The van der Waals surface area contributed by atoms with Gasteiger partial charge in [-0.05, 0) is 43.0 Å². The van der Waals surface area contributed by atoms with Gasteiger partial charge >= 0.3 is 5.69 Å². The molecule has 0 aliphatic carbocycles. The molecular formula is C20H22N4O3. The fourth-order valence-electron chi connectivity index (χ4n) is 3.38. The maximum absolute atomic E-state index is 12.6. The van der Waals surface area contributed by atoms with E-state index >= 15 is 0 Å². The monoisotopic (exact) mass is 366 g/mol. The molecule has 27 heavy (non-hydrogen) atoms. The van der Waals surface area contributed by atoms with Gasteiger partial charge in [0.2, 0.25) is 5.91 Å². The van der Waals surface area contributed by atoms with E-state index < -0.39 is 0 Å². The molecule has 3 heterocycles. The van der Waals surface area contributed by atoms with Crippen LogP contribution >= 0.6 is 0 Å². The lowest BCUT2D eigenvalue weighted by Gasteiger charge is -2.31. The summed E-state index contributed by atoms with van der Waals surface area (Å²) in [7, 11) is 0. The average molecular weight is 366 g/mol. The van der Waals surface area contributed by atoms with E-state index in [9.17, 15) is 9.59 Å². The van der Waals surface area contributed by atoms with Gasteiger partial charge in [0.05, 0.1) is 6.61 Å². The fraction of sp³-hybridized carbons (Fsp3) is 0.350. The zero-order chi connectivity index (χ0) is 18.6. The van der Waals surface area contributed by atoms with Crippen molar-refractivity contribution in [2.24, 2.45) is 5.92 Å². The number of para-hydroxylation sites is 1. The number of amides is 1. The summed E-state index contributed by atoms with van der Waals surface area (Å²) in [5.74, 6) is 1.25. The smallest absolute Gasteiger partial charge is 0.350 e. The first kappa shape index (κ1) is 17.3. The number of aromatic nitrogens is 3. The van der Waals surface area contributed by atoms with E-state index in [0.717, 1.165) is 18.6 Å². The number of rotatable bonds is 5. The molecule has 0 N–H and O–H groups in total. The molecule has 2 aromatic heterocycles. The van der Waals surface area contributed by atoms with Crippen LogP contribution in [-0.2, 0) is 11.3 Å². The summed E-state index contributed by atoms with van der Waals surface area (Å²) in [4.78, 5) is 26.7. The van der Waals surface area contributed by atoms with Crippen LogP contribution in [0.5, 0.6) is 5.75 Å². The van der Waals surface area contributed by atoms with Crippen molar-refractivity contribution in [1.29, 1.82) is 0 Å². The largest absolute Gasteiger partial charge is 0.493 e. The number of carbonyl (C=O) groups is 1. The summed E-state index contributed by atoms with van der Waals surface area (Å²) in [6.07, 6.45) is 3.46. The van der Waals surface area contributed by atoms with Gasteiger partial charge in [0.25, 0.3) is 0 Å². The molecule has 1 fully saturated rings. The minimum atomic E-state index is -0.287. The number of likely N-dealkylation sites (tertiary alicyclic amines) is 1. The highest BCUT2D eigenvalue weighted by atomic mass is 16.5. The van der Waals surface area contributed by atoms with Crippen LogP contribution in [0.1, 0.15) is 12.8 Å². The zero-order valence-corrected chi connectivity index (χ0v) is 15.0. The Labute approximate surface area is 156 Å². The van der Waals surface area contributed by atoms with E-state index in [2.05, 4.69) is 5.10 Å². The van der Waals surface area contributed by atoms with E-state index in [1.165, 1.54) is 9.08 Å². The molecule has 3 aromatic rings. The van der Waals surface area contributed by atoms with Gasteiger partial charge in [0.15, 0.2) is 5.65 Å². The average Bonchev–Trinajstić information content (AvgIpc) is 3.03. The van der Waals surface area contributed by atoms with Gasteiger partial charge in [-0.2, -0.15) is 0 Å². The zero-order valence-electron chi connectivity index (χ0n) is 15.0. The van der Waals surface area contributed by atoms with Crippen molar-refractivity contribution in [2.45, 2.75) is 19.4 Å². The first-order valence-corrected chi connectivity index (χ1v) is 9.20. The van der Waals surface area contributed by atoms with Gasteiger partial charge < -0.3 is 9.64 Å².